The van der Waals surface area contributed by atoms with Crippen LogP contribution in [0.4, 0.5) is 0 Å². The number of hydrogen-bond donors (Lipinski definition) is 1. The molecule has 0 aromatic carbocycles. The van der Waals surface area contributed by atoms with E-state index in [-0.39, 0.29) is 23.9 Å². The van der Waals surface area contributed by atoms with Gasteiger partial charge in [-0.25, -0.2) is 0 Å². The van der Waals surface area contributed by atoms with Gasteiger partial charge in [-0.05, 0) is 45.4 Å². The monoisotopic (exact) mass is 256 g/mol. The number of rotatable bonds is 4. The Bertz CT molecular complexity index is 322. The minimum absolute atomic E-state index is 0.0683. The maximum absolute atomic E-state index is 11.9. The van der Waals surface area contributed by atoms with Crippen molar-refractivity contribution in [1.29, 1.82) is 0 Å². The first-order chi connectivity index (χ1) is 8.27. The summed E-state index contributed by atoms with van der Waals surface area (Å²) in [6.45, 7) is 7.64. The second-order valence-corrected chi connectivity index (χ2v) is 6.00. The molecule has 0 radical (unpaired) electrons. The van der Waals surface area contributed by atoms with Crippen LogP contribution in [0.1, 0.15) is 53.4 Å². The topological polar surface area (TPSA) is 63.6 Å². The summed E-state index contributed by atoms with van der Waals surface area (Å²) in [7, 11) is 0. The molecule has 0 aromatic heterocycles. The van der Waals surface area contributed by atoms with Crippen LogP contribution < -0.4 is 0 Å². The third-order valence-electron chi connectivity index (χ3n) is 4.15. The summed E-state index contributed by atoms with van der Waals surface area (Å²) in [6.07, 6.45) is 2.54. The van der Waals surface area contributed by atoms with E-state index in [0.717, 1.165) is 6.42 Å². The Morgan fingerprint density at radius 3 is 2.39 bits per heavy atom. The molecular weight excluding hydrogens is 232 g/mol. The minimum atomic E-state index is -0.735. The Hall–Kier alpha value is -1.06. The van der Waals surface area contributed by atoms with Crippen molar-refractivity contribution < 1.29 is 19.4 Å². The van der Waals surface area contributed by atoms with Crippen molar-refractivity contribution in [3.8, 4) is 0 Å². The van der Waals surface area contributed by atoms with Crippen molar-refractivity contribution in [1.82, 2.24) is 0 Å². The number of carboxylic acid groups (broad SMARTS) is 1. The summed E-state index contributed by atoms with van der Waals surface area (Å²) in [5.41, 5.74) is -0.452. The molecule has 0 aliphatic heterocycles. The molecule has 0 spiro atoms. The first kappa shape index (κ1) is 15.0. The van der Waals surface area contributed by atoms with Gasteiger partial charge >= 0.3 is 11.9 Å². The molecule has 1 fully saturated rings. The molecule has 1 saturated carbocycles. The molecule has 1 N–H and O–H groups in total. The molecule has 3 unspecified atom stereocenters. The molecule has 1 aliphatic rings. The third kappa shape index (κ3) is 3.47. The summed E-state index contributed by atoms with van der Waals surface area (Å²) in [5, 5.41) is 9.04. The van der Waals surface area contributed by atoms with Crippen LogP contribution in [-0.4, -0.2) is 23.1 Å². The summed E-state index contributed by atoms with van der Waals surface area (Å²) < 4.78 is 5.51. The summed E-state index contributed by atoms with van der Waals surface area (Å²) in [5.74, 6) is -1.13. The van der Waals surface area contributed by atoms with Crippen LogP contribution in [0.25, 0.3) is 0 Å². The number of aliphatic carboxylic acids is 1. The van der Waals surface area contributed by atoms with Crippen LogP contribution in [0.15, 0.2) is 0 Å². The Morgan fingerprint density at radius 1 is 1.33 bits per heavy atom. The molecule has 0 bridgehead atoms. The first-order valence-electron chi connectivity index (χ1n) is 6.71. The van der Waals surface area contributed by atoms with Crippen molar-refractivity contribution in [2.75, 3.05) is 0 Å². The molecule has 104 valence electrons. The predicted octanol–water partition coefficient (Wildman–Crippen LogP) is 2.86. The maximum Gasteiger partial charge on any atom is 0.311 e. The first-order valence-corrected chi connectivity index (χ1v) is 6.71. The summed E-state index contributed by atoms with van der Waals surface area (Å²) >= 11 is 0. The van der Waals surface area contributed by atoms with Crippen LogP contribution in [0.3, 0.4) is 0 Å². The second kappa shape index (κ2) is 5.72. The summed E-state index contributed by atoms with van der Waals surface area (Å²) in [6, 6.07) is 0. The Morgan fingerprint density at radius 2 is 1.94 bits per heavy atom. The third-order valence-corrected chi connectivity index (χ3v) is 4.15. The predicted molar refractivity (Wildman–Crippen MR) is 68.1 cm³/mol. The van der Waals surface area contributed by atoms with Crippen LogP contribution in [0.2, 0.25) is 0 Å². The fourth-order valence-electron chi connectivity index (χ4n) is 2.28. The smallest absolute Gasteiger partial charge is 0.311 e. The normalized spacial score (nSPS) is 28.8. The zero-order valence-electron chi connectivity index (χ0n) is 11.7. The lowest BCUT2D eigenvalue weighted by Gasteiger charge is -2.33. The van der Waals surface area contributed by atoms with Crippen molar-refractivity contribution in [3.63, 3.8) is 0 Å². The maximum atomic E-state index is 11.9. The zero-order chi connectivity index (χ0) is 13.9. The van der Waals surface area contributed by atoms with E-state index in [0.29, 0.717) is 19.3 Å². The van der Waals surface area contributed by atoms with Crippen LogP contribution in [0, 0.1) is 17.3 Å². The number of carboxylic acids is 1. The van der Waals surface area contributed by atoms with Gasteiger partial charge in [-0.3, -0.25) is 9.59 Å². The molecule has 0 saturated heterocycles. The number of carbonyl (C=O) groups is 2. The molecular formula is C14H24O4. The quantitative estimate of drug-likeness (QED) is 0.785. The average molecular weight is 256 g/mol. The largest absolute Gasteiger partial charge is 0.481 e. The highest BCUT2D eigenvalue weighted by Gasteiger charge is 2.36. The number of hydrogen-bond acceptors (Lipinski definition) is 3. The highest BCUT2D eigenvalue weighted by molar-refractivity contribution is 5.76. The van der Waals surface area contributed by atoms with Gasteiger partial charge in [-0.1, -0.05) is 13.8 Å². The second-order valence-electron chi connectivity index (χ2n) is 6.00. The van der Waals surface area contributed by atoms with Crippen molar-refractivity contribution in [2.45, 2.75) is 59.5 Å². The number of esters is 1. The molecule has 3 atom stereocenters. The van der Waals surface area contributed by atoms with Gasteiger partial charge in [-0.2, -0.15) is 0 Å². The molecule has 0 amide bonds. The molecule has 1 rings (SSSR count). The Balaban J connectivity index is 2.53. The van der Waals surface area contributed by atoms with E-state index in [1.807, 2.05) is 27.7 Å². The highest BCUT2D eigenvalue weighted by Crippen LogP contribution is 2.33. The van der Waals surface area contributed by atoms with E-state index in [9.17, 15) is 9.59 Å². The number of ether oxygens (including phenoxy) is 1. The lowest BCUT2D eigenvalue weighted by molar-refractivity contribution is -0.163. The molecule has 4 nitrogen and oxygen atoms in total. The zero-order valence-corrected chi connectivity index (χ0v) is 11.7. The molecule has 1 aliphatic carbocycles. The van der Waals surface area contributed by atoms with E-state index >= 15 is 0 Å². The lowest BCUT2D eigenvalue weighted by Crippen LogP contribution is -2.36. The van der Waals surface area contributed by atoms with Crippen molar-refractivity contribution in [3.05, 3.63) is 0 Å². The van der Waals surface area contributed by atoms with E-state index < -0.39 is 11.4 Å². The van der Waals surface area contributed by atoms with Gasteiger partial charge in [0, 0.05) is 0 Å². The lowest BCUT2D eigenvalue weighted by atomic mass is 9.79. The van der Waals surface area contributed by atoms with Gasteiger partial charge < -0.3 is 9.84 Å². The van der Waals surface area contributed by atoms with Crippen molar-refractivity contribution in [2.24, 2.45) is 17.3 Å². The highest BCUT2D eigenvalue weighted by atomic mass is 16.5. The fraction of sp³-hybridized carbons (Fsp3) is 0.857. The van der Waals surface area contributed by atoms with E-state index in [1.165, 1.54) is 0 Å². The Kier molecular flexibility index (Phi) is 4.77. The average Bonchev–Trinajstić information content (AvgIpc) is 2.28. The van der Waals surface area contributed by atoms with Gasteiger partial charge in [-0.15, -0.1) is 0 Å². The molecule has 4 heteroatoms. The van der Waals surface area contributed by atoms with Gasteiger partial charge in [0.1, 0.15) is 6.10 Å². The minimum Gasteiger partial charge on any atom is -0.481 e. The number of carbonyl (C=O) groups excluding carboxylic acids is 1. The van der Waals surface area contributed by atoms with E-state index in [2.05, 4.69) is 0 Å². The van der Waals surface area contributed by atoms with Crippen LogP contribution in [-0.2, 0) is 14.3 Å². The molecule has 18 heavy (non-hydrogen) atoms. The van der Waals surface area contributed by atoms with E-state index in [4.69, 9.17) is 9.84 Å². The Labute approximate surface area is 109 Å². The fourth-order valence-corrected chi connectivity index (χ4v) is 2.28. The molecule has 0 aromatic rings. The van der Waals surface area contributed by atoms with Crippen LogP contribution in [0.5, 0.6) is 0 Å². The van der Waals surface area contributed by atoms with Crippen molar-refractivity contribution >= 4 is 11.9 Å². The van der Waals surface area contributed by atoms with Gasteiger partial charge in [0.15, 0.2) is 0 Å². The van der Waals surface area contributed by atoms with E-state index in [1.54, 1.807) is 0 Å². The summed E-state index contributed by atoms with van der Waals surface area (Å²) in [4.78, 5) is 22.9. The molecule has 0 heterocycles. The van der Waals surface area contributed by atoms with Gasteiger partial charge in [0.25, 0.3) is 0 Å². The van der Waals surface area contributed by atoms with Gasteiger partial charge in [0.05, 0.1) is 11.3 Å². The van der Waals surface area contributed by atoms with Gasteiger partial charge in [0.2, 0.25) is 0 Å². The standard InChI is InChI=1S/C14H24O4/c1-5-14(3,4)13(17)18-10-6-7-11(12(15)16)9(2)8-10/h9-11H,5-8H2,1-4H3,(H,15,16). The van der Waals surface area contributed by atoms with Crippen LogP contribution >= 0.6 is 0 Å². The SMILES string of the molecule is CCC(C)(C)C(=O)OC1CCC(C(=O)O)C(C)C1.